The summed E-state index contributed by atoms with van der Waals surface area (Å²) in [4.78, 5) is 25.8. The second-order valence-electron chi connectivity index (χ2n) is 5.78. The van der Waals surface area contributed by atoms with Gasteiger partial charge in [-0.1, -0.05) is 6.07 Å². The Kier molecular flexibility index (Phi) is 5.41. The Morgan fingerprint density at radius 2 is 1.76 bits per heavy atom. The number of hydrogen-bond donors (Lipinski definition) is 3. The van der Waals surface area contributed by atoms with Crippen LogP contribution >= 0.6 is 0 Å². The average molecular weight is 414 g/mol. The highest BCUT2D eigenvalue weighted by molar-refractivity contribution is 7.92. The van der Waals surface area contributed by atoms with E-state index < -0.39 is 37.2 Å². The quantitative estimate of drug-likeness (QED) is 0.414. The predicted molar refractivity (Wildman–Crippen MR) is 104 cm³/mol. The smallest absolute Gasteiger partial charge is 0.312 e. The minimum absolute atomic E-state index is 0.0862. The highest BCUT2D eigenvalue weighted by Gasteiger charge is 2.21. The number of phenols is 1. The van der Waals surface area contributed by atoms with Gasteiger partial charge in [-0.2, -0.15) is 0 Å². The Morgan fingerprint density at radius 1 is 1.03 bits per heavy atom. The van der Waals surface area contributed by atoms with Crippen LogP contribution in [0.4, 0.5) is 17.1 Å². The van der Waals surface area contributed by atoms with Gasteiger partial charge in [0.1, 0.15) is 0 Å². The van der Waals surface area contributed by atoms with Gasteiger partial charge in [0, 0.05) is 35.4 Å². The summed E-state index contributed by atoms with van der Waals surface area (Å²) in [5.41, 5.74) is 0.0625. The number of aromatic nitrogens is 1. The number of phenolic OH excluding ortho intramolecular Hbond substituents is 1. The lowest BCUT2D eigenvalue weighted by Crippen LogP contribution is -2.15. The molecule has 0 atom stereocenters. The molecule has 0 aliphatic heterocycles. The number of rotatable bonds is 6. The number of hydrogen-bond acceptors (Lipinski definition) is 7. The first kappa shape index (κ1) is 19.8. The van der Waals surface area contributed by atoms with Gasteiger partial charge in [0.25, 0.3) is 15.9 Å². The van der Waals surface area contributed by atoms with Gasteiger partial charge in [-0.25, -0.2) is 8.42 Å². The molecule has 0 spiro atoms. The lowest BCUT2D eigenvalue weighted by atomic mass is 10.2. The summed E-state index contributed by atoms with van der Waals surface area (Å²) in [6.45, 7) is 0. The molecule has 0 saturated carbocycles. The summed E-state index contributed by atoms with van der Waals surface area (Å²) in [6.07, 6.45) is 3.02. The van der Waals surface area contributed by atoms with Crippen molar-refractivity contribution in [2.75, 3.05) is 10.0 Å². The van der Waals surface area contributed by atoms with Crippen molar-refractivity contribution in [2.24, 2.45) is 0 Å². The van der Waals surface area contributed by atoms with Crippen LogP contribution in [0.2, 0.25) is 0 Å². The van der Waals surface area contributed by atoms with Crippen molar-refractivity contribution in [1.82, 2.24) is 4.98 Å². The Hall–Kier alpha value is -3.99. The molecular formula is C18H14N4O6S. The van der Waals surface area contributed by atoms with E-state index in [4.69, 9.17) is 0 Å². The number of nitro benzene ring substituents is 1. The second-order valence-corrected chi connectivity index (χ2v) is 7.47. The topological polar surface area (TPSA) is 152 Å². The number of benzene rings is 2. The minimum atomic E-state index is -4.19. The number of aromatic hydroxyl groups is 1. The Labute approximate surface area is 165 Å². The SMILES string of the molecule is O=C(Nc1ccncc1)c1cccc(NS(=O)(=O)c2ccc(O)c([N+](=O)[O-])c2)c1. The van der Waals surface area contributed by atoms with E-state index in [1.807, 2.05) is 0 Å². The zero-order valence-corrected chi connectivity index (χ0v) is 15.5. The van der Waals surface area contributed by atoms with Crippen molar-refractivity contribution in [3.8, 4) is 5.75 Å². The zero-order valence-electron chi connectivity index (χ0n) is 14.6. The monoisotopic (exact) mass is 414 g/mol. The van der Waals surface area contributed by atoms with Crippen LogP contribution in [0.1, 0.15) is 10.4 Å². The van der Waals surface area contributed by atoms with Crippen molar-refractivity contribution in [2.45, 2.75) is 4.90 Å². The van der Waals surface area contributed by atoms with Gasteiger partial charge in [0.05, 0.1) is 9.82 Å². The third-order valence-electron chi connectivity index (χ3n) is 3.77. The van der Waals surface area contributed by atoms with E-state index in [-0.39, 0.29) is 11.3 Å². The van der Waals surface area contributed by atoms with E-state index in [1.54, 1.807) is 12.1 Å². The third-order valence-corrected chi connectivity index (χ3v) is 5.15. The summed E-state index contributed by atoms with van der Waals surface area (Å²) >= 11 is 0. The van der Waals surface area contributed by atoms with Gasteiger partial charge >= 0.3 is 5.69 Å². The predicted octanol–water partition coefficient (Wildman–Crippen LogP) is 2.75. The Bertz CT molecular complexity index is 1180. The lowest BCUT2D eigenvalue weighted by molar-refractivity contribution is -0.386. The van der Waals surface area contributed by atoms with Crippen LogP contribution < -0.4 is 10.0 Å². The Morgan fingerprint density at radius 3 is 2.45 bits per heavy atom. The molecule has 11 heteroatoms. The van der Waals surface area contributed by atoms with Crippen LogP contribution in [0.25, 0.3) is 0 Å². The fourth-order valence-corrected chi connectivity index (χ4v) is 3.46. The van der Waals surface area contributed by atoms with E-state index in [9.17, 15) is 28.4 Å². The zero-order chi connectivity index (χ0) is 21.0. The van der Waals surface area contributed by atoms with Gasteiger partial charge in [0.15, 0.2) is 5.75 Å². The number of nitro groups is 1. The molecule has 3 N–H and O–H groups in total. The van der Waals surface area contributed by atoms with Crippen LogP contribution in [0.15, 0.2) is 71.9 Å². The van der Waals surface area contributed by atoms with Crippen LogP contribution in [0.5, 0.6) is 5.75 Å². The molecule has 3 aromatic rings. The number of carbonyl (C=O) groups excluding carboxylic acids is 1. The maximum atomic E-state index is 12.5. The highest BCUT2D eigenvalue weighted by atomic mass is 32.2. The van der Waals surface area contributed by atoms with Gasteiger partial charge < -0.3 is 10.4 Å². The molecule has 3 rings (SSSR count). The summed E-state index contributed by atoms with van der Waals surface area (Å²) in [7, 11) is -4.19. The number of pyridine rings is 1. The van der Waals surface area contributed by atoms with Crippen LogP contribution in [-0.4, -0.2) is 29.3 Å². The number of anilines is 2. The normalized spacial score (nSPS) is 10.9. The minimum Gasteiger partial charge on any atom is -0.502 e. The summed E-state index contributed by atoms with van der Waals surface area (Å²) in [5, 5.41) is 23.0. The van der Waals surface area contributed by atoms with Crippen molar-refractivity contribution >= 4 is 33.0 Å². The molecule has 1 amide bonds. The van der Waals surface area contributed by atoms with Gasteiger partial charge in [-0.05, 0) is 42.5 Å². The molecule has 0 unspecified atom stereocenters. The molecule has 10 nitrogen and oxygen atoms in total. The molecule has 0 fully saturated rings. The van der Waals surface area contributed by atoms with E-state index in [0.717, 1.165) is 18.2 Å². The first-order valence-corrected chi connectivity index (χ1v) is 9.56. The van der Waals surface area contributed by atoms with E-state index in [2.05, 4.69) is 15.0 Å². The maximum Gasteiger partial charge on any atom is 0.312 e. The number of nitrogens with one attached hydrogen (secondary N) is 2. The van der Waals surface area contributed by atoms with Crippen LogP contribution in [0, 0.1) is 10.1 Å². The molecule has 0 aliphatic rings. The molecule has 0 aliphatic carbocycles. The van der Waals surface area contributed by atoms with E-state index in [0.29, 0.717) is 5.69 Å². The van der Waals surface area contributed by atoms with Crippen molar-refractivity contribution in [1.29, 1.82) is 0 Å². The largest absolute Gasteiger partial charge is 0.502 e. The lowest BCUT2D eigenvalue weighted by Gasteiger charge is -2.10. The summed E-state index contributed by atoms with van der Waals surface area (Å²) < 4.78 is 27.3. The molecule has 2 aromatic carbocycles. The molecule has 29 heavy (non-hydrogen) atoms. The first-order chi connectivity index (χ1) is 13.8. The third kappa shape index (κ3) is 4.65. The number of sulfonamides is 1. The summed E-state index contributed by atoms with van der Waals surface area (Å²) in [6, 6.07) is 11.6. The van der Waals surface area contributed by atoms with E-state index >= 15 is 0 Å². The van der Waals surface area contributed by atoms with Crippen LogP contribution in [0.3, 0.4) is 0 Å². The molecular weight excluding hydrogens is 400 g/mol. The van der Waals surface area contributed by atoms with Crippen molar-refractivity contribution in [3.63, 3.8) is 0 Å². The Balaban J connectivity index is 1.83. The van der Waals surface area contributed by atoms with Gasteiger partial charge in [0.2, 0.25) is 0 Å². The van der Waals surface area contributed by atoms with Gasteiger partial charge in [-0.3, -0.25) is 24.6 Å². The molecule has 0 radical (unpaired) electrons. The molecule has 1 aromatic heterocycles. The van der Waals surface area contributed by atoms with E-state index in [1.165, 1.54) is 36.7 Å². The molecule has 148 valence electrons. The molecule has 0 bridgehead atoms. The van der Waals surface area contributed by atoms with Crippen LogP contribution in [-0.2, 0) is 10.0 Å². The second kappa shape index (κ2) is 7.94. The fraction of sp³-hybridized carbons (Fsp3) is 0. The first-order valence-electron chi connectivity index (χ1n) is 8.08. The maximum absolute atomic E-state index is 12.5. The number of nitrogens with zero attached hydrogens (tertiary/aromatic N) is 2. The van der Waals surface area contributed by atoms with Gasteiger partial charge in [-0.15, -0.1) is 0 Å². The molecule has 0 saturated heterocycles. The highest BCUT2D eigenvalue weighted by Crippen LogP contribution is 2.29. The standard InChI is InChI=1S/C18H14N4O6S/c23-17-5-4-15(11-16(17)22(25)26)29(27,28)21-14-3-1-2-12(10-14)18(24)20-13-6-8-19-9-7-13/h1-11,21,23H,(H,19,20,24). The molecule has 1 heterocycles. The summed E-state index contributed by atoms with van der Waals surface area (Å²) in [5.74, 6) is -1.11. The number of amides is 1. The van der Waals surface area contributed by atoms with Crippen molar-refractivity contribution in [3.05, 3.63) is 82.7 Å². The van der Waals surface area contributed by atoms with Crippen molar-refractivity contribution < 1.29 is 23.2 Å². The fourth-order valence-electron chi connectivity index (χ4n) is 2.39. The number of carbonyl (C=O) groups is 1. The average Bonchev–Trinajstić information content (AvgIpc) is 2.68.